The molecule has 1 amide bonds. The number of rotatable bonds is 10. The van der Waals surface area contributed by atoms with Crippen molar-refractivity contribution in [3.8, 4) is 11.8 Å². The van der Waals surface area contributed by atoms with Crippen molar-refractivity contribution in [3.05, 3.63) is 54.1 Å². The van der Waals surface area contributed by atoms with Gasteiger partial charge in [0.05, 0.1) is 36.3 Å². The van der Waals surface area contributed by atoms with Crippen LogP contribution in [-0.2, 0) is 21.4 Å². The first-order valence-electron chi connectivity index (χ1n) is 11.1. The number of amides is 1. The molecule has 1 heterocycles. The molecular weight excluding hydrogens is 440 g/mol. The maximum atomic E-state index is 13.1. The number of benzene rings is 2. The Bertz CT molecular complexity index is 1080. The molecule has 0 radical (unpaired) electrons. The second kappa shape index (κ2) is 11.8. The molecule has 0 aromatic heterocycles. The van der Waals surface area contributed by atoms with Crippen LogP contribution in [0.3, 0.4) is 0 Å². The first-order valence-corrected chi connectivity index (χ1v) is 12.6. The molecule has 2 aromatic rings. The van der Waals surface area contributed by atoms with Crippen molar-refractivity contribution in [2.24, 2.45) is 0 Å². The van der Waals surface area contributed by atoms with Gasteiger partial charge in [0.15, 0.2) is 0 Å². The number of ether oxygens (including phenoxy) is 1. The fourth-order valence-corrected chi connectivity index (χ4v) is 5.35. The van der Waals surface area contributed by atoms with E-state index >= 15 is 0 Å². The second-order valence-electron chi connectivity index (χ2n) is 7.89. The van der Waals surface area contributed by atoms with Gasteiger partial charge in [-0.15, -0.1) is 0 Å². The highest BCUT2D eigenvalue weighted by Gasteiger charge is 2.27. The highest BCUT2D eigenvalue weighted by Crippen LogP contribution is 2.30. The zero-order valence-electron chi connectivity index (χ0n) is 18.9. The summed E-state index contributed by atoms with van der Waals surface area (Å²) in [6.45, 7) is 3.71. The minimum atomic E-state index is -3.65. The molecule has 1 saturated heterocycles. The maximum Gasteiger partial charge on any atom is 0.243 e. The predicted octanol–water partition coefficient (Wildman–Crippen LogP) is 3.22. The van der Waals surface area contributed by atoms with Crippen LogP contribution >= 0.6 is 0 Å². The number of anilines is 1. The molecule has 3 rings (SSSR count). The number of nitrogens with zero attached hydrogens (tertiary/aromatic N) is 3. The summed E-state index contributed by atoms with van der Waals surface area (Å²) in [7, 11) is -3.65. The van der Waals surface area contributed by atoms with Crippen LogP contribution in [0.1, 0.15) is 31.7 Å². The Kier molecular flexibility index (Phi) is 8.83. The van der Waals surface area contributed by atoms with Gasteiger partial charge in [-0.2, -0.15) is 9.57 Å². The lowest BCUT2D eigenvalue weighted by molar-refractivity contribution is -0.117. The summed E-state index contributed by atoms with van der Waals surface area (Å²) in [5.41, 5.74) is 1.29. The Morgan fingerprint density at radius 3 is 2.55 bits per heavy atom. The molecule has 1 fully saturated rings. The summed E-state index contributed by atoms with van der Waals surface area (Å²) in [5, 5.41) is 12.0. The van der Waals surface area contributed by atoms with Gasteiger partial charge >= 0.3 is 0 Å². The smallest absolute Gasteiger partial charge is 0.243 e. The molecule has 9 heteroatoms. The van der Waals surface area contributed by atoms with Gasteiger partial charge in [0.2, 0.25) is 15.9 Å². The van der Waals surface area contributed by atoms with E-state index in [4.69, 9.17) is 10.00 Å². The molecule has 0 unspecified atom stereocenters. The molecule has 1 aliphatic heterocycles. The summed E-state index contributed by atoms with van der Waals surface area (Å²) < 4.78 is 33.3. The van der Waals surface area contributed by atoms with Crippen LogP contribution in [-0.4, -0.2) is 56.3 Å². The summed E-state index contributed by atoms with van der Waals surface area (Å²) in [5.74, 6) is 0.0491. The standard InChI is InChI=1S/C24H30N4O4S/c1-2-32-23-12-11-21(33(30,31)28-14-7-4-8-15-28)17-22(23)26-24(29)19-27(16-13-25)18-20-9-5-3-6-10-20/h3,5-6,9-12,17H,2,4,7-8,14-16,18-19H2,1H3,(H,26,29). The van der Waals surface area contributed by atoms with E-state index in [0.29, 0.717) is 37.7 Å². The van der Waals surface area contributed by atoms with Gasteiger partial charge in [0, 0.05) is 19.6 Å². The van der Waals surface area contributed by atoms with Crippen LogP contribution in [0, 0.1) is 11.3 Å². The normalized spacial score (nSPS) is 14.6. The predicted molar refractivity (Wildman–Crippen MR) is 126 cm³/mol. The fraction of sp³-hybridized carbons (Fsp3) is 0.417. The van der Waals surface area contributed by atoms with Crippen LogP contribution in [0.4, 0.5) is 5.69 Å². The molecule has 0 bridgehead atoms. The quantitative estimate of drug-likeness (QED) is 0.535. The summed E-state index contributed by atoms with van der Waals surface area (Å²) in [4.78, 5) is 14.7. The fourth-order valence-electron chi connectivity index (χ4n) is 3.81. The zero-order valence-corrected chi connectivity index (χ0v) is 19.7. The Morgan fingerprint density at radius 2 is 1.88 bits per heavy atom. The van der Waals surface area contributed by atoms with Crippen molar-refractivity contribution in [2.75, 3.05) is 38.1 Å². The van der Waals surface area contributed by atoms with Gasteiger partial charge in [-0.05, 0) is 43.5 Å². The van der Waals surface area contributed by atoms with Crippen molar-refractivity contribution in [1.82, 2.24) is 9.21 Å². The van der Waals surface area contributed by atoms with Crippen LogP contribution in [0.2, 0.25) is 0 Å². The zero-order chi connectivity index (χ0) is 23.7. The summed E-state index contributed by atoms with van der Waals surface area (Å²) >= 11 is 0. The van der Waals surface area contributed by atoms with Gasteiger partial charge < -0.3 is 10.1 Å². The third-order valence-corrected chi connectivity index (χ3v) is 7.28. The first kappa shape index (κ1) is 24.7. The number of hydrogen-bond acceptors (Lipinski definition) is 6. The number of hydrogen-bond donors (Lipinski definition) is 1. The van der Waals surface area contributed by atoms with Crippen molar-refractivity contribution >= 4 is 21.6 Å². The molecule has 2 aromatic carbocycles. The highest BCUT2D eigenvalue weighted by molar-refractivity contribution is 7.89. The van der Waals surface area contributed by atoms with Crippen molar-refractivity contribution < 1.29 is 17.9 Å². The largest absolute Gasteiger partial charge is 0.492 e. The summed E-state index contributed by atoms with van der Waals surface area (Å²) in [6, 6.07) is 16.2. The van der Waals surface area contributed by atoms with Gasteiger partial charge in [0.1, 0.15) is 5.75 Å². The molecule has 1 N–H and O–H groups in total. The highest BCUT2D eigenvalue weighted by atomic mass is 32.2. The van der Waals surface area contributed by atoms with Crippen LogP contribution in [0.5, 0.6) is 5.75 Å². The topological polar surface area (TPSA) is 103 Å². The Balaban J connectivity index is 1.77. The van der Waals surface area contributed by atoms with Gasteiger partial charge in [-0.3, -0.25) is 9.69 Å². The van der Waals surface area contributed by atoms with Crippen molar-refractivity contribution in [1.29, 1.82) is 5.26 Å². The molecule has 0 spiro atoms. The van der Waals surface area contributed by atoms with E-state index in [2.05, 4.69) is 11.4 Å². The number of carbonyl (C=O) groups is 1. The lowest BCUT2D eigenvalue weighted by Crippen LogP contribution is -2.35. The van der Waals surface area contributed by atoms with E-state index < -0.39 is 10.0 Å². The van der Waals surface area contributed by atoms with E-state index in [-0.39, 0.29) is 23.9 Å². The van der Waals surface area contributed by atoms with Crippen LogP contribution in [0.15, 0.2) is 53.4 Å². The maximum absolute atomic E-state index is 13.1. The number of piperidine rings is 1. The lowest BCUT2D eigenvalue weighted by Gasteiger charge is -2.26. The summed E-state index contributed by atoms with van der Waals surface area (Å²) in [6.07, 6.45) is 2.71. The van der Waals surface area contributed by atoms with Crippen molar-refractivity contribution in [3.63, 3.8) is 0 Å². The number of carbonyl (C=O) groups excluding carboxylic acids is 1. The average molecular weight is 471 g/mol. The molecule has 0 atom stereocenters. The Labute approximate surface area is 195 Å². The Morgan fingerprint density at radius 1 is 1.15 bits per heavy atom. The van der Waals surface area contributed by atoms with E-state index in [9.17, 15) is 13.2 Å². The number of sulfonamides is 1. The van der Waals surface area contributed by atoms with Crippen molar-refractivity contribution in [2.45, 2.75) is 37.6 Å². The van der Waals surface area contributed by atoms with Gasteiger partial charge in [0.25, 0.3) is 0 Å². The molecule has 8 nitrogen and oxygen atoms in total. The molecule has 0 aliphatic carbocycles. The minimum Gasteiger partial charge on any atom is -0.492 e. The first-order chi connectivity index (χ1) is 15.9. The monoisotopic (exact) mass is 470 g/mol. The Hall–Kier alpha value is -2.93. The molecule has 1 aliphatic rings. The van der Waals surface area contributed by atoms with E-state index in [1.165, 1.54) is 16.4 Å². The lowest BCUT2D eigenvalue weighted by atomic mass is 10.2. The second-order valence-corrected chi connectivity index (χ2v) is 9.83. The molecule has 176 valence electrons. The van der Waals surface area contributed by atoms with Gasteiger partial charge in [-0.25, -0.2) is 8.42 Å². The van der Waals surface area contributed by atoms with Crippen LogP contribution < -0.4 is 10.1 Å². The third kappa shape index (κ3) is 6.78. The number of nitrogens with one attached hydrogen (secondary N) is 1. The third-order valence-electron chi connectivity index (χ3n) is 5.39. The van der Waals surface area contributed by atoms with E-state index in [0.717, 1.165) is 24.8 Å². The van der Waals surface area contributed by atoms with Gasteiger partial charge in [-0.1, -0.05) is 36.8 Å². The van der Waals surface area contributed by atoms with E-state index in [1.807, 2.05) is 37.3 Å². The van der Waals surface area contributed by atoms with Crippen LogP contribution in [0.25, 0.3) is 0 Å². The SMILES string of the molecule is CCOc1ccc(S(=O)(=O)N2CCCCC2)cc1NC(=O)CN(CC#N)Cc1ccccc1. The number of nitriles is 1. The molecule has 33 heavy (non-hydrogen) atoms. The molecule has 0 saturated carbocycles. The molecular formula is C24H30N4O4S. The average Bonchev–Trinajstić information content (AvgIpc) is 2.81. The van der Waals surface area contributed by atoms with E-state index in [1.54, 1.807) is 11.0 Å². The minimum absolute atomic E-state index is 0.0167.